The van der Waals surface area contributed by atoms with Gasteiger partial charge >= 0.3 is 7.05 Å². The largest absolute Gasteiger partial charge is 0.437 e. The molecular formula is C10H21BN2O. The third-order valence-corrected chi connectivity index (χ3v) is 3.87. The van der Waals surface area contributed by atoms with Crippen molar-refractivity contribution >= 4 is 7.05 Å². The molecule has 2 saturated heterocycles. The van der Waals surface area contributed by atoms with Crippen LogP contribution in [-0.4, -0.2) is 42.1 Å². The molecule has 0 spiro atoms. The van der Waals surface area contributed by atoms with E-state index in [0.717, 1.165) is 0 Å². The molecule has 14 heavy (non-hydrogen) atoms. The van der Waals surface area contributed by atoms with Gasteiger partial charge in [-0.1, -0.05) is 6.42 Å². The zero-order chi connectivity index (χ0) is 10.1. The summed E-state index contributed by atoms with van der Waals surface area (Å²) in [4.78, 5) is 2.33. The van der Waals surface area contributed by atoms with Gasteiger partial charge in [-0.3, -0.25) is 0 Å². The Morgan fingerprint density at radius 2 is 1.86 bits per heavy atom. The molecule has 0 radical (unpaired) electrons. The fourth-order valence-electron chi connectivity index (χ4n) is 3.26. The summed E-state index contributed by atoms with van der Waals surface area (Å²) in [6.45, 7) is 1.91. The minimum absolute atomic E-state index is 0.261. The van der Waals surface area contributed by atoms with E-state index in [0.29, 0.717) is 18.1 Å². The second kappa shape index (κ2) is 4.21. The molecule has 0 aromatic rings. The fourth-order valence-corrected chi connectivity index (χ4v) is 3.26. The first kappa shape index (κ1) is 10.5. The Bertz CT molecular complexity index is 187. The van der Waals surface area contributed by atoms with Crippen molar-refractivity contribution in [3.05, 3.63) is 0 Å². The monoisotopic (exact) mass is 196 g/mol. The highest BCUT2D eigenvalue weighted by molar-refractivity contribution is 6.45. The fraction of sp³-hybridized carbons (Fsp3) is 1.00. The Morgan fingerprint density at radius 3 is 2.29 bits per heavy atom. The van der Waals surface area contributed by atoms with Crippen LogP contribution in [-0.2, 0) is 0 Å². The van der Waals surface area contributed by atoms with Crippen molar-refractivity contribution in [3.8, 4) is 0 Å². The molecule has 2 rings (SSSR count). The lowest BCUT2D eigenvalue weighted by Crippen LogP contribution is -2.60. The van der Waals surface area contributed by atoms with E-state index in [-0.39, 0.29) is 7.05 Å². The van der Waals surface area contributed by atoms with Crippen LogP contribution in [0.4, 0.5) is 0 Å². The summed E-state index contributed by atoms with van der Waals surface area (Å²) < 4.78 is 0. The standard InChI is InChI=1S/C10H21BN2O/c1-11(14)13-9-4-3-5-10(13)7-8(6-9)12-2/h8-10,12,14H,3-7H2,1-2H3/t8?,9-,10?/m1/s1. The molecule has 0 aliphatic carbocycles. The van der Waals surface area contributed by atoms with Crippen LogP contribution in [0, 0.1) is 0 Å². The minimum atomic E-state index is -0.261. The molecule has 2 unspecified atom stereocenters. The maximum absolute atomic E-state index is 9.75. The third kappa shape index (κ3) is 1.83. The predicted molar refractivity (Wildman–Crippen MR) is 59.2 cm³/mol. The quantitative estimate of drug-likeness (QED) is 0.638. The Hall–Kier alpha value is -0.0551. The average Bonchev–Trinajstić information content (AvgIpc) is 2.15. The first-order valence-corrected chi connectivity index (χ1v) is 5.85. The van der Waals surface area contributed by atoms with Gasteiger partial charge in [0.2, 0.25) is 0 Å². The van der Waals surface area contributed by atoms with Gasteiger partial charge in [-0.15, -0.1) is 0 Å². The maximum Gasteiger partial charge on any atom is 0.376 e. The molecule has 2 heterocycles. The molecule has 2 fully saturated rings. The first-order chi connectivity index (χ1) is 6.72. The Morgan fingerprint density at radius 1 is 1.29 bits per heavy atom. The van der Waals surface area contributed by atoms with Gasteiger partial charge < -0.3 is 15.2 Å². The van der Waals surface area contributed by atoms with E-state index in [4.69, 9.17) is 0 Å². The van der Waals surface area contributed by atoms with Crippen molar-refractivity contribution in [2.45, 2.75) is 57.1 Å². The van der Waals surface area contributed by atoms with Gasteiger partial charge in [0, 0.05) is 18.1 Å². The molecule has 0 amide bonds. The molecular weight excluding hydrogens is 175 g/mol. The molecule has 2 N–H and O–H groups in total. The first-order valence-electron chi connectivity index (χ1n) is 5.85. The number of hydrogen-bond donors (Lipinski definition) is 2. The molecule has 2 bridgehead atoms. The van der Waals surface area contributed by atoms with Gasteiger partial charge in [-0.2, -0.15) is 0 Å². The number of rotatable bonds is 2. The smallest absolute Gasteiger partial charge is 0.376 e. The van der Waals surface area contributed by atoms with Crippen LogP contribution in [0.2, 0.25) is 6.82 Å². The highest BCUT2D eigenvalue weighted by Crippen LogP contribution is 2.34. The van der Waals surface area contributed by atoms with Crippen molar-refractivity contribution in [2.24, 2.45) is 0 Å². The average molecular weight is 196 g/mol. The minimum Gasteiger partial charge on any atom is -0.437 e. The van der Waals surface area contributed by atoms with Gasteiger partial charge in [-0.25, -0.2) is 0 Å². The van der Waals surface area contributed by atoms with Crippen molar-refractivity contribution in [1.82, 2.24) is 10.1 Å². The maximum atomic E-state index is 9.75. The van der Waals surface area contributed by atoms with Crippen molar-refractivity contribution < 1.29 is 5.02 Å². The lowest BCUT2D eigenvalue weighted by Gasteiger charge is -2.49. The van der Waals surface area contributed by atoms with Crippen molar-refractivity contribution in [2.75, 3.05) is 7.05 Å². The second-order valence-corrected chi connectivity index (χ2v) is 4.77. The van der Waals surface area contributed by atoms with E-state index in [1.54, 1.807) is 0 Å². The lowest BCUT2D eigenvalue weighted by molar-refractivity contribution is 0.0846. The molecule has 0 aromatic carbocycles. The lowest BCUT2D eigenvalue weighted by atomic mass is 9.71. The number of nitrogens with zero attached hydrogens (tertiary/aromatic N) is 1. The zero-order valence-corrected chi connectivity index (χ0v) is 9.24. The van der Waals surface area contributed by atoms with E-state index in [9.17, 15) is 5.02 Å². The Kier molecular flexibility index (Phi) is 3.15. The molecule has 4 heteroatoms. The summed E-state index contributed by atoms with van der Waals surface area (Å²) in [7, 11) is 1.79. The zero-order valence-electron chi connectivity index (χ0n) is 9.24. The van der Waals surface area contributed by atoms with Crippen LogP contribution in [0.3, 0.4) is 0 Å². The predicted octanol–water partition coefficient (Wildman–Crippen LogP) is 0.702. The normalized spacial score (nSPS) is 38.4. The van der Waals surface area contributed by atoms with Gasteiger partial charge in [0.15, 0.2) is 0 Å². The molecule has 80 valence electrons. The Balaban J connectivity index is 2.07. The summed E-state index contributed by atoms with van der Waals surface area (Å²) in [6, 6.07) is 1.89. The van der Waals surface area contributed by atoms with Crippen LogP contribution in [0.15, 0.2) is 0 Å². The number of hydrogen-bond acceptors (Lipinski definition) is 3. The summed E-state index contributed by atoms with van der Waals surface area (Å²) in [6.07, 6.45) is 6.28. The van der Waals surface area contributed by atoms with Gasteiger partial charge in [0.1, 0.15) is 0 Å². The molecule has 2 aliphatic heterocycles. The molecule has 3 atom stereocenters. The van der Waals surface area contributed by atoms with Gasteiger partial charge in [0.05, 0.1) is 0 Å². The highest BCUT2D eigenvalue weighted by Gasteiger charge is 2.40. The van der Waals surface area contributed by atoms with E-state index in [2.05, 4.69) is 17.2 Å². The Labute approximate surface area is 87.0 Å². The topological polar surface area (TPSA) is 35.5 Å². The van der Waals surface area contributed by atoms with Crippen LogP contribution in [0.5, 0.6) is 0 Å². The van der Waals surface area contributed by atoms with Gasteiger partial charge in [0.25, 0.3) is 0 Å². The van der Waals surface area contributed by atoms with Crippen LogP contribution >= 0.6 is 0 Å². The van der Waals surface area contributed by atoms with Crippen molar-refractivity contribution in [3.63, 3.8) is 0 Å². The summed E-state index contributed by atoms with van der Waals surface area (Å²) >= 11 is 0. The summed E-state index contributed by atoms with van der Waals surface area (Å²) in [5.41, 5.74) is 0. The second-order valence-electron chi connectivity index (χ2n) is 4.77. The number of nitrogens with one attached hydrogen (secondary N) is 1. The number of fused-ring (bicyclic) bond motifs is 2. The van der Waals surface area contributed by atoms with E-state index < -0.39 is 0 Å². The summed E-state index contributed by atoms with van der Waals surface area (Å²) in [5.74, 6) is 0. The van der Waals surface area contributed by atoms with Crippen LogP contribution in [0.25, 0.3) is 0 Å². The van der Waals surface area contributed by atoms with Crippen molar-refractivity contribution in [1.29, 1.82) is 0 Å². The highest BCUT2D eigenvalue weighted by atomic mass is 16.2. The van der Waals surface area contributed by atoms with Crippen LogP contribution < -0.4 is 5.32 Å². The van der Waals surface area contributed by atoms with E-state index in [1.165, 1.54) is 32.1 Å². The SMILES string of the molecule is CNC1CC2CCC[C@H](C1)N2B(C)O. The number of piperidine rings is 2. The van der Waals surface area contributed by atoms with E-state index in [1.807, 2.05) is 6.82 Å². The molecule has 3 nitrogen and oxygen atoms in total. The molecule has 2 aliphatic rings. The van der Waals surface area contributed by atoms with Gasteiger partial charge in [-0.05, 0) is 39.6 Å². The van der Waals surface area contributed by atoms with E-state index >= 15 is 0 Å². The molecule has 0 saturated carbocycles. The molecule has 0 aromatic heterocycles. The van der Waals surface area contributed by atoms with Crippen LogP contribution in [0.1, 0.15) is 32.1 Å². The third-order valence-electron chi connectivity index (χ3n) is 3.87. The summed E-state index contributed by atoms with van der Waals surface area (Å²) in [5, 5.41) is 13.1.